The lowest BCUT2D eigenvalue weighted by atomic mass is 10.0. The number of hydrogen-bond donors (Lipinski definition) is 3. The Hall–Kier alpha value is -4.06. The van der Waals surface area contributed by atoms with Crippen molar-refractivity contribution in [2.75, 3.05) is 19.5 Å². The molecule has 4 aromatic rings. The van der Waals surface area contributed by atoms with Gasteiger partial charge in [-0.3, -0.25) is 9.59 Å². The van der Waals surface area contributed by atoms with Gasteiger partial charge in [-0.25, -0.2) is 0 Å². The van der Waals surface area contributed by atoms with E-state index in [0.717, 1.165) is 33.5 Å². The zero-order valence-corrected chi connectivity index (χ0v) is 18.1. The number of rotatable bonds is 7. The number of nitrogens with one attached hydrogen (secondary N) is 3. The van der Waals surface area contributed by atoms with Gasteiger partial charge in [-0.05, 0) is 66.1 Å². The van der Waals surface area contributed by atoms with Crippen molar-refractivity contribution in [1.29, 1.82) is 0 Å². The lowest BCUT2D eigenvalue weighted by Crippen LogP contribution is -2.18. The maximum Gasteiger partial charge on any atom is 0.251 e. The van der Waals surface area contributed by atoms with Crippen molar-refractivity contribution in [2.24, 2.45) is 0 Å². The predicted molar refractivity (Wildman–Crippen MR) is 127 cm³/mol. The van der Waals surface area contributed by atoms with E-state index < -0.39 is 0 Å². The summed E-state index contributed by atoms with van der Waals surface area (Å²) in [6.07, 6.45) is 0.890. The minimum Gasteiger partial charge on any atom is -0.497 e. The van der Waals surface area contributed by atoms with Crippen LogP contribution < -0.4 is 15.4 Å². The summed E-state index contributed by atoms with van der Waals surface area (Å²) < 4.78 is 5.27. The third-order valence-electron chi connectivity index (χ3n) is 5.43. The Bertz CT molecular complexity index is 1260. The number of aryl methyl sites for hydroxylation is 1. The number of aromatic amines is 1. The molecule has 0 saturated heterocycles. The molecule has 0 aliphatic heterocycles. The Labute approximate surface area is 186 Å². The number of fused-ring (bicyclic) bond motifs is 1. The average Bonchev–Trinajstić information content (AvgIpc) is 3.21. The molecular weight excluding hydrogens is 402 g/mol. The first-order valence-electron chi connectivity index (χ1n) is 10.4. The first-order valence-corrected chi connectivity index (χ1v) is 10.4. The second-order valence-corrected chi connectivity index (χ2v) is 7.46. The molecule has 0 radical (unpaired) electrons. The van der Waals surface area contributed by atoms with E-state index in [1.165, 1.54) is 0 Å². The summed E-state index contributed by atoms with van der Waals surface area (Å²) in [5.41, 5.74) is 5.28. The number of H-pyrrole nitrogens is 1. The van der Waals surface area contributed by atoms with Gasteiger partial charge in [0.25, 0.3) is 5.91 Å². The summed E-state index contributed by atoms with van der Waals surface area (Å²) in [5.74, 6) is 0.499. The van der Waals surface area contributed by atoms with E-state index in [1.807, 2.05) is 42.5 Å². The van der Waals surface area contributed by atoms with E-state index in [-0.39, 0.29) is 11.8 Å². The Morgan fingerprint density at radius 3 is 2.50 bits per heavy atom. The highest BCUT2D eigenvalue weighted by atomic mass is 16.5. The molecule has 1 heterocycles. The van der Waals surface area contributed by atoms with Crippen LogP contribution in [0.4, 0.5) is 5.69 Å². The number of amides is 2. The van der Waals surface area contributed by atoms with E-state index in [2.05, 4.69) is 21.7 Å². The van der Waals surface area contributed by atoms with Gasteiger partial charge in [-0.15, -0.1) is 0 Å². The van der Waals surface area contributed by atoms with Gasteiger partial charge in [0.2, 0.25) is 5.91 Å². The molecule has 0 aliphatic rings. The molecule has 0 atom stereocenters. The van der Waals surface area contributed by atoms with Crippen molar-refractivity contribution in [2.45, 2.75) is 12.8 Å². The van der Waals surface area contributed by atoms with Crippen LogP contribution in [0.3, 0.4) is 0 Å². The van der Waals surface area contributed by atoms with E-state index in [1.54, 1.807) is 38.4 Å². The normalized spacial score (nSPS) is 10.7. The maximum atomic E-state index is 12.7. The van der Waals surface area contributed by atoms with Crippen LogP contribution in [0, 0.1) is 0 Å². The van der Waals surface area contributed by atoms with Crippen LogP contribution in [0.15, 0.2) is 72.8 Å². The van der Waals surface area contributed by atoms with Crippen LogP contribution in [0.2, 0.25) is 0 Å². The fourth-order valence-corrected chi connectivity index (χ4v) is 3.81. The summed E-state index contributed by atoms with van der Waals surface area (Å²) in [6.45, 7) is 0. The van der Waals surface area contributed by atoms with Crippen molar-refractivity contribution in [3.63, 3.8) is 0 Å². The number of carbonyl (C=O) groups is 2. The number of anilines is 1. The van der Waals surface area contributed by atoms with Crippen molar-refractivity contribution in [1.82, 2.24) is 10.3 Å². The molecule has 0 saturated carbocycles. The molecule has 1 aromatic heterocycles. The average molecular weight is 428 g/mol. The highest BCUT2D eigenvalue weighted by Crippen LogP contribution is 2.32. The SMILES string of the molecule is CNC(=O)c1cccc(NC(=O)CCc2c(-c3ccc(OC)cc3)[nH]c3ccccc23)c1. The Balaban J connectivity index is 1.55. The highest BCUT2D eigenvalue weighted by molar-refractivity contribution is 5.97. The molecule has 0 aliphatic carbocycles. The molecule has 0 bridgehead atoms. The topological polar surface area (TPSA) is 83.2 Å². The molecule has 6 nitrogen and oxygen atoms in total. The summed E-state index contributed by atoms with van der Waals surface area (Å²) in [7, 11) is 3.22. The summed E-state index contributed by atoms with van der Waals surface area (Å²) in [6, 6.07) is 22.9. The quantitative estimate of drug-likeness (QED) is 0.397. The number of benzene rings is 3. The molecule has 3 aromatic carbocycles. The Morgan fingerprint density at radius 1 is 0.969 bits per heavy atom. The molecule has 0 unspecified atom stereocenters. The van der Waals surface area contributed by atoms with Crippen molar-refractivity contribution < 1.29 is 14.3 Å². The van der Waals surface area contributed by atoms with E-state index in [0.29, 0.717) is 24.1 Å². The standard InChI is InChI=1S/C26H25N3O3/c1-27-26(31)18-6-5-7-19(16-18)28-24(30)15-14-22-21-8-3-4-9-23(21)29-25(22)17-10-12-20(32-2)13-11-17/h3-13,16,29H,14-15H2,1-2H3,(H,27,31)(H,28,30). The minimum atomic E-state index is -0.191. The van der Waals surface area contributed by atoms with Crippen molar-refractivity contribution in [3.05, 3.63) is 83.9 Å². The molecular formula is C26H25N3O3. The molecule has 4 rings (SSSR count). The van der Waals surface area contributed by atoms with Gasteiger partial charge in [0.05, 0.1) is 7.11 Å². The van der Waals surface area contributed by atoms with Gasteiger partial charge in [0.1, 0.15) is 5.75 Å². The Kier molecular flexibility index (Phi) is 6.22. The lowest BCUT2D eigenvalue weighted by Gasteiger charge is -2.09. The molecule has 0 fully saturated rings. The highest BCUT2D eigenvalue weighted by Gasteiger charge is 2.15. The van der Waals surface area contributed by atoms with Crippen LogP contribution in [0.5, 0.6) is 5.75 Å². The third kappa shape index (κ3) is 4.49. The number of aromatic nitrogens is 1. The fourth-order valence-electron chi connectivity index (χ4n) is 3.81. The zero-order valence-electron chi connectivity index (χ0n) is 18.1. The zero-order chi connectivity index (χ0) is 22.5. The molecule has 3 N–H and O–H groups in total. The van der Waals surface area contributed by atoms with Gasteiger partial charge in [-0.1, -0.05) is 24.3 Å². The van der Waals surface area contributed by atoms with Crippen molar-refractivity contribution >= 4 is 28.4 Å². The summed E-state index contributed by atoms with van der Waals surface area (Å²) in [5, 5.41) is 6.59. The van der Waals surface area contributed by atoms with Gasteiger partial charge < -0.3 is 20.4 Å². The largest absolute Gasteiger partial charge is 0.497 e. The smallest absolute Gasteiger partial charge is 0.251 e. The number of ether oxygens (including phenoxy) is 1. The molecule has 0 spiro atoms. The van der Waals surface area contributed by atoms with Gasteiger partial charge in [0.15, 0.2) is 0 Å². The van der Waals surface area contributed by atoms with Gasteiger partial charge >= 0.3 is 0 Å². The monoisotopic (exact) mass is 427 g/mol. The van der Waals surface area contributed by atoms with E-state index in [9.17, 15) is 9.59 Å². The lowest BCUT2D eigenvalue weighted by molar-refractivity contribution is -0.116. The second-order valence-electron chi connectivity index (χ2n) is 7.46. The van der Waals surface area contributed by atoms with Crippen LogP contribution in [-0.2, 0) is 11.2 Å². The molecule has 2 amide bonds. The third-order valence-corrected chi connectivity index (χ3v) is 5.43. The number of para-hydroxylation sites is 1. The minimum absolute atomic E-state index is 0.106. The fraction of sp³-hybridized carbons (Fsp3) is 0.154. The van der Waals surface area contributed by atoms with E-state index >= 15 is 0 Å². The molecule has 32 heavy (non-hydrogen) atoms. The predicted octanol–water partition coefficient (Wildman–Crippen LogP) is 4.77. The molecule has 162 valence electrons. The maximum absolute atomic E-state index is 12.7. The summed E-state index contributed by atoms with van der Waals surface area (Å²) in [4.78, 5) is 28.0. The van der Waals surface area contributed by atoms with Gasteiger partial charge in [0, 0.05) is 41.3 Å². The van der Waals surface area contributed by atoms with Crippen LogP contribution in [0.25, 0.3) is 22.2 Å². The van der Waals surface area contributed by atoms with E-state index in [4.69, 9.17) is 4.74 Å². The van der Waals surface area contributed by atoms with Crippen LogP contribution in [-0.4, -0.2) is 31.0 Å². The first kappa shape index (κ1) is 21.2. The second kappa shape index (κ2) is 9.39. The Morgan fingerprint density at radius 2 is 1.75 bits per heavy atom. The summed E-state index contributed by atoms with van der Waals surface area (Å²) >= 11 is 0. The van der Waals surface area contributed by atoms with Crippen LogP contribution in [0.1, 0.15) is 22.3 Å². The number of hydrogen-bond acceptors (Lipinski definition) is 3. The van der Waals surface area contributed by atoms with Gasteiger partial charge in [-0.2, -0.15) is 0 Å². The number of methoxy groups -OCH3 is 1. The first-order chi connectivity index (χ1) is 15.6. The van der Waals surface area contributed by atoms with Crippen LogP contribution >= 0.6 is 0 Å². The molecule has 6 heteroatoms. The van der Waals surface area contributed by atoms with Crippen molar-refractivity contribution in [3.8, 4) is 17.0 Å². The number of carbonyl (C=O) groups excluding carboxylic acids is 2.